The Morgan fingerprint density at radius 2 is 1.77 bits per heavy atom. The van der Waals surface area contributed by atoms with Gasteiger partial charge in [0.1, 0.15) is 28.2 Å². The fourth-order valence-electron chi connectivity index (χ4n) is 3.35. The topological polar surface area (TPSA) is 78.1 Å². The van der Waals surface area contributed by atoms with E-state index in [9.17, 15) is 9.90 Å². The minimum Gasteiger partial charge on any atom is -0.507 e. The molecule has 0 atom stereocenters. The van der Waals surface area contributed by atoms with Gasteiger partial charge < -0.3 is 23.7 Å². The van der Waals surface area contributed by atoms with E-state index in [1.165, 1.54) is 6.07 Å². The van der Waals surface area contributed by atoms with Crippen LogP contribution in [0, 0.1) is 0 Å². The molecule has 0 fully saturated rings. The zero-order chi connectivity index (χ0) is 22.5. The van der Waals surface area contributed by atoms with Gasteiger partial charge in [-0.2, -0.15) is 0 Å². The lowest BCUT2D eigenvalue weighted by molar-refractivity contribution is 0.327. The summed E-state index contributed by atoms with van der Waals surface area (Å²) in [7, 11) is 1.59. The zero-order valence-electron chi connectivity index (χ0n) is 18.6. The Kier molecular flexibility index (Phi) is 6.90. The van der Waals surface area contributed by atoms with Gasteiger partial charge in [-0.25, -0.2) is 0 Å². The Morgan fingerprint density at radius 1 is 1.10 bits per heavy atom. The third kappa shape index (κ3) is 4.53. The minimum absolute atomic E-state index is 0.0628. The summed E-state index contributed by atoms with van der Waals surface area (Å²) in [5, 5.41) is 10.7. The van der Waals surface area contributed by atoms with Crippen LogP contribution in [-0.2, 0) is 6.42 Å². The minimum atomic E-state index is -0.423. The highest BCUT2D eigenvalue weighted by atomic mass is 16.5. The molecule has 0 amide bonds. The molecule has 0 unspecified atom stereocenters. The van der Waals surface area contributed by atoms with Crippen LogP contribution in [-0.4, -0.2) is 25.4 Å². The Bertz CT molecular complexity index is 1150. The lowest BCUT2D eigenvalue weighted by Gasteiger charge is -2.16. The first-order valence-corrected chi connectivity index (χ1v) is 10.3. The van der Waals surface area contributed by atoms with Crippen molar-refractivity contribution in [1.29, 1.82) is 0 Å². The summed E-state index contributed by atoms with van der Waals surface area (Å²) in [6.07, 6.45) is 2.52. The van der Waals surface area contributed by atoms with Crippen LogP contribution < -0.4 is 19.6 Å². The summed E-state index contributed by atoms with van der Waals surface area (Å²) in [5.41, 5.74) is 2.35. The van der Waals surface area contributed by atoms with Gasteiger partial charge in [-0.3, -0.25) is 4.79 Å². The highest BCUT2D eigenvalue weighted by molar-refractivity contribution is 5.91. The third-order valence-corrected chi connectivity index (χ3v) is 4.82. The lowest BCUT2D eigenvalue weighted by Crippen LogP contribution is -2.11. The molecule has 0 radical (unpaired) electrons. The quantitative estimate of drug-likeness (QED) is 0.483. The summed E-state index contributed by atoms with van der Waals surface area (Å²) in [6.45, 7) is 8.34. The molecule has 0 bridgehead atoms. The predicted octanol–water partition coefficient (Wildman–Crippen LogP) is 5.48. The Balaban J connectivity index is 2.39. The number of allylic oxidation sites excluding steroid dienone is 2. The Morgan fingerprint density at radius 3 is 2.35 bits per heavy atom. The average Bonchev–Trinajstić information content (AvgIpc) is 2.75. The van der Waals surface area contributed by atoms with Crippen molar-refractivity contribution < 1.29 is 23.7 Å². The summed E-state index contributed by atoms with van der Waals surface area (Å²) < 4.78 is 22.9. The standard InChI is InChI=1S/C25H28O6/c1-6-29-20-14-19(26)21-22(27)25(30-7-2)23(16-9-11-17(28-5)12-10-16)31-24(21)18(20)13-8-15(3)4/h8-12,14,26H,6-7,13H2,1-5H3. The number of rotatable bonds is 8. The van der Waals surface area contributed by atoms with Gasteiger partial charge >= 0.3 is 0 Å². The highest BCUT2D eigenvalue weighted by Crippen LogP contribution is 2.39. The van der Waals surface area contributed by atoms with Crippen LogP contribution in [0.2, 0.25) is 0 Å². The summed E-state index contributed by atoms with van der Waals surface area (Å²) in [5.74, 6) is 1.33. The highest BCUT2D eigenvalue weighted by Gasteiger charge is 2.24. The molecule has 1 N–H and O–H groups in total. The maximum Gasteiger partial charge on any atom is 0.239 e. The van der Waals surface area contributed by atoms with Gasteiger partial charge in [0.05, 0.1) is 20.3 Å². The number of phenols is 1. The normalized spacial score (nSPS) is 10.7. The summed E-state index contributed by atoms with van der Waals surface area (Å²) in [6, 6.07) is 8.64. The summed E-state index contributed by atoms with van der Waals surface area (Å²) >= 11 is 0. The second-order valence-corrected chi connectivity index (χ2v) is 7.25. The number of ether oxygens (including phenoxy) is 3. The number of hydrogen-bond acceptors (Lipinski definition) is 6. The second kappa shape index (κ2) is 9.60. The molecule has 0 saturated heterocycles. The van der Waals surface area contributed by atoms with Crippen molar-refractivity contribution in [3.63, 3.8) is 0 Å². The van der Waals surface area contributed by atoms with Gasteiger partial charge in [-0.1, -0.05) is 11.6 Å². The molecule has 1 heterocycles. The van der Waals surface area contributed by atoms with Gasteiger partial charge in [0, 0.05) is 17.2 Å². The van der Waals surface area contributed by atoms with Gasteiger partial charge in [0.15, 0.2) is 5.76 Å². The molecule has 3 rings (SSSR count). The first kappa shape index (κ1) is 22.3. The van der Waals surface area contributed by atoms with E-state index in [0.29, 0.717) is 47.0 Å². The van der Waals surface area contributed by atoms with E-state index < -0.39 is 5.43 Å². The van der Waals surface area contributed by atoms with Crippen LogP contribution >= 0.6 is 0 Å². The van der Waals surface area contributed by atoms with Crippen molar-refractivity contribution in [2.75, 3.05) is 20.3 Å². The molecule has 0 aliphatic carbocycles. The van der Waals surface area contributed by atoms with Crippen molar-refractivity contribution in [3.8, 4) is 34.3 Å². The van der Waals surface area contributed by atoms with Crippen molar-refractivity contribution in [3.05, 3.63) is 57.8 Å². The number of phenolic OH excluding ortho intramolecular Hbond substituents is 1. The van der Waals surface area contributed by atoms with Gasteiger partial charge in [-0.05, 0) is 58.4 Å². The maximum atomic E-state index is 13.4. The molecule has 6 heteroatoms. The fourth-order valence-corrected chi connectivity index (χ4v) is 3.35. The van der Waals surface area contributed by atoms with Crippen LogP contribution in [0.15, 0.2) is 51.2 Å². The van der Waals surface area contributed by atoms with Crippen molar-refractivity contribution >= 4 is 11.0 Å². The third-order valence-electron chi connectivity index (χ3n) is 4.82. The molecule has 2 aromatic carbocycles. The fraction of sp³-hybridized carbons (Fsp3) is 0.320. The Hall–Kier alpha value is -3.41. The van der Waals surface area contributed by atoms with Crippen LogP contribution in [0.25, 0.3) is 22.3 Å². The molecule has 0 saturated carbocycles. The van der Waals surface area contributed by atoms with Crippen molar-refractivity contribution in [2.24, 2.45) is 0 Å². The molecule has 31 heavy (non-hydrogen) atoms. The molecular weight excluding hydrogens is 396 g/mol. The predicted molar refractivity (Wildman–Crippen MR) is 122 cm³/mol. The molecule has 0 aliphatic rings. The summed E-state index contributed by atoms with van der Waals surface area (Å²) in [4.78, 5) is 13.4. The first-order chi connectivity index (χ1) is 14.9. The van der Waals surface area contributed by atoms with Crippen LogP contribution in [0.5, 0.6) is 23.0 Å². The maximum absolute atomic E-state index is 13.4. The number of methoxy groups -OCH3 is 1. The van der Waals surface area contributed by atoms with E-state index in [1.807, 2.05) is 26.8 Å². The van der Waals surface area contributed by atoms with E-state index >= 15 is 0 Å². The lowest BCUT2D eigenvalue weighted by atomic mass is 10.0. The van der Waals surface area contributed by atoms with E-state index in [-0.39, 0.29) is 23.5 Å². The molecule has 6 nitrogen and oxygen atoms in total. The first-order valence-electron chi connectivity index (χ1n) is 10.3. The second-order valence-electron chi connectivity index (χ2n) is 7.25. The number of fused-ring (bicyclic) bond motifs is 1. The molecule has 3 aromatic rings. The van der Waals surface area contributed by atoms with E-state index in [2.05, 4.69) is 0 Å². The number of aromatic hydroxyl groups is 1. The average molecular weight is 424 g/mol. The monoisotopic (exact) mass is 424 g/mol. The molecule has 164 valence electrons. The van der Waals surface area contributed by atoms with Gasteiger partial charge in [0.25, 0.3) is 0 Å². The van der Waals surface area contributed by atoms with Gasteiger partial charge in [-0.15, -0.1) is 0 Å². The molecule has 0 aliphatic heterocycles. The van der Waals surface area contributed by atoms with E-state index in [0.717, 1.165) is 5.57 Å². The SMILES string of the molecule is CCOc1cc(O)c2c(=O)c(OCC)c(-c3ccc(OC)cc3)oc2c1CC=C(C)C. The van der Waals surface area contributed by atoms with Crippen LogP contribution in [0.4, 0.5) is 0 Å². The van der Waals surface area contributed by atoms with Crippen LogP contribution in [0.3, 0.4) is 0 Å². The van der Waals surface area contributed by atoms with Gasteiger partial charge in [0.2, 0.25) is 11.2 Å². The smallest absolute Gasteiger partial charge is 0.239 e. The Labute approximate surface area is 181 Å². The van der Waals surface area contributed by atoms with Crippen LogP contribution in [0.1, 0.15) is 33.3 Å². The van der Waals surface area contributed by atoms with E-state index in [1.54, 1.807) is 38.3 Å². The van der Waals surface area contributed by atoms with Crippen molar-refractivity contribution in [1.82, 2.24) is 0 Å². The largest absolute Gasteiger partial charge is 0.507 e. The number of benzene rings is 2. The molecular formula is C25H28O6. The van der Waals surface area contributed by atoms with E-state index in [4.69, 9.17) is 18.6 Å². The molecule has 0 spiro atoms. The zero-order valence-corrected chi connectivity index (χ0v) is 18.6. The molecule has 1 aromatic heterocycles. The number of hydrogen-bond donors (Lipinski definition) is 1. The van der Waals surface area contributed by atoms with Crippen molar-refractivity contribution in [2.45, 2.75) is 34.1 Å².